The fourth-order valence-electron chi connectivity index (χ4n) is 2.99. The van der Waals surface area contributed by atoms with E-state index >= 15 is 0 Å². The molecule has 0 bridgehead atoms. The van der Waals surface area contributed by atoms with Gasteiger partial charge in [0.15, 0.2) is 0 Å². The van der Waals surface area contributed by atoms with Crippen molar-refractivity contribution in [3.05, 3.63) is 64.1 Å². The van der Waals surface area contributed by atoms with Gasteiger partial charge in [-0.05, 0) is 29.3 Å². The molecule has 3 nitrogen and oxygen atoms in total. The van der Waals surface area contributed by atoms with Crippen molar-refractivity contribution in [2.45, 2.75) is 10.6 Å². The lowest BCUT2D eigenvalue weighted by Crippen LogP contribution is -2.07. The Morgan fingerprint density at radius 3 is 2.62 bits per heavy atom. The Hall–Kier alpha value is -2.29. The second kappa shape index (κ2) is 5.97. The minimum absolute atomic E-state index is 0.288. The first-order chi connectivity index (χ1) is 11.7. The van der Waals surface area contributed by atoms with Gasteiger partial charge in [0.1, 0.15) is 17.5 Å². The lowest BCUT2D eigenvalue weighted by atomic mass is 9.92. The van der Waals surface area contributed by atoms with Crippen LogP contribution in [0.3, 0.4) is 0 Å². The molecule has 0 spiro atoms. The molecule has 0 amide bonds. The van der Waals surface area contributed by atoms with E-state index in [1.54, 1.807) is 11.8 Å². The lowest BCUT2D eigenvalue weighted by molar-refractivity contribution is 1.20. The zero-order chi connectivity index (χ0) is 16.7. The van der Waals surface area contributed by atoms with E-state index in [-0.39, 0.29) is 5.82 Å². The van der Waals surface area contributed by atoms with Gasteiger partial charge in [0.25, 0.3) is 0 Å². The molecule has 5 heteroatoms. The number of thioether (sulfide) groups is 1. The highest BCUT2D eigenvalue weighted by Gasteiger charge is 2.25. The molecular formula is C19H12BrN3S. The van der Waals surface area contributed by atoms with Gasteiger partial charge in [0.2, 0.25) is 0 Å². The van der Waals surface area contributed by atoms with Crippen molar-refractivity contribution >= 4 is 33.5 Å². The van der Waals surface area contributed by atoms with Crippen LogP contribution in [-0.2, 0) is 5.75 Å². The molecule has 1 aromatic heterocycles. The van der Waals surface area contributed by atoms with Crippen molar-refractivity contribution in [3.63, 3.8) is 0 Å². The molecule has 0 radical (unpaired) electrons. The average molecular weight is 394 g/mol. The molecule has 116 valence electrons. The zero-order valence-electron chi connectivity index (χ0n) is 12.6. The summed E-state index contributed by atoms with van der Waals surface area (Å²) in [7, 11) is 0. The first kappa shape index (κ1) is 15.3. The zero-order valence-corrected chi connectivity index (χ0v) is 15.0. The summed E-state index contributed by atoms with van der Waals surface area (Å²) in [6.45, 7) is 0. The fraction of sp³-hybridized carbons (Fsp3) is 0.0526. The summed E-state index contributed by atoms with van der Waals surface area (Å²) in [6.07, 6.45) is 0. The third-order valence-corrected chi connectivity index (χ3v) is 5.71. The maximum Gasteiger partial charge on any atom is 0.142 e. The number of hydrogen-bond acceptors (Lipinski definition) is 4. The third kappa shape index (κ3) is 2.39. The number of nitriles is 1. The maximum absolute atomic E-state index is 9.63. The Kier molecular flexibility index (Phi) is 3.79. The molecule has 0 saturated heterocycles. The van der Waals surface area contributed by atoms with Crippen LogP contribution in [0.4, 0.5) is 5.82 Å². The minimum Gasteiger partial charge on any atom is -0.383 e. The summed E-state index contributed by atoms with van der Waals surface area (Å²) in [4.78, 5) is 5.76. The molecule has 0 saturated carbocycles. The second-order valence-corrected chi connectivity index (χ2v) is 7.41. The standard InChI is InChI=1S/C19H12BrN3S/c20-12-7-5-11(6-8-12)17-14(9-21)19(22)23-18-13-3-1-2-4-16(13)24-10-15(17)18/h1-8H,10H2,(H2,22,23). The van der Waals surface area contributed by atoms with Crippen molar-refractivity contribution in [1.29, 1.82) is 5.26 Å². The van der Waals surface area contributed by atoms with Crippen molar-refractivity contribution in [2.24, 2.45) is 0 Å². The van der Waals surface area contributed by atoms with Crippen LogP contribution in [0.15, 0.2) is 57.9 Å². The van der Waals surface area contributed by atoms with Gasteiger partial charge < -0.3 is 5.73 Å². The highest BCUT2D eigenvalue weighted by Crippen LogP contribution is 2.46. The Morgan fingerprint density at radius 1 is 1.12 bits per heavy atom. The molecule has 0 unspecified atom stereocenters. The summed E-state index contributed by atoms with van der Waals surface area (Å²) >= 11 is 5.23. The summed E-state index contributed by atoms with van der Waals surface area (Å²) in [6, 6.07) is 18.4. The summed E-state index contributed by atoms with van der Waals surface area (Å²) in [5.41, 5.74) is 11.5. The number of hydrogen-bond donors (Lipinski definition) is 1. The number of nitrogens with two attached hydrogens (primary N) is 1. The smallest absolute Gasteiger partial charge is 0.142 e. The van der Waals surface area contributed by atoms with Crippen LogP contribution >= 0.6 is 27.7 Å². The number of aromatic nitrogens is 1. The number of pyridine rings is 1. The van der Waals surface area contributed by atoms with E-state index in [1.165, 1.54) is 4.90 Å². The molecule has 1 aliphatic heterocycles. The van der Waals surface area contributed by atoms with Crippen LogP contribution in [0, 0.1) is 11.3 Å². The number of halogens is 1. The number of benzene rings is 2. The van der Waals surface area contributed by atoms with Crippen LogP contribution in [0.25, 0.3) is 22.4 Å². The summed E-state index contributed by atoms with van der Waals surface area (Å²) in [5.74, 6) is 1.07. The molecule has 2 N–H and O–H groups in total. The summed E-state index contributed by atoms with van der Waals surface area (Å²) in [5, 5.41) is 9.63. The second-order valence-electron chi connectivity index (χ2n) is 5.48. The van der Waals surface area contributed by atoms with Gasteiger partial charge in [-0.2, -0.15) is 5.26 Å². The van der Waals surface area contributed by atoms with E-state index in [4.69, 9.17) is 5.73 Å². The van der Waals surface area contributed by atoms with E-state index in [0.29, 0.717) is 5.56 Å². The number of nitrogen functional groups attached to an aromatic ring is 1. The van der Waals surface area contributed by atoms with Gasteiger partial charge in [0.05, 0.1) is 5.69 Å². The molecule has 0 aliphatic carbocycles. The van der Waals surface area contributed by atoms with Crippen LogP contribution in [-0.4, -0.2) is 4.98 Å². The van der Waals surface area contributed by atoms with Gasteiger partial charge in [-0.15, -0.1) is 11.8 Å². The maximum atomic E-state index is 9.63. The summed E-state index contributed by atoms with van der Waals surface area (Å²) < 4.78 is 1.00. The van der Waals surface area contributed by atoms with Crippen LogP contribution in [0.1, 0.15) is 11.1 Å². The van der Waals surface area contributed by atoms with E-state index in [1.807, 2.05) is 36.4 Å². The van der Waals surface area contributed by atoms with E-state index in [9.17, 15) is 5.26 Å². The third-order valence-electron chi connectivity index (χ3n) is 4.08. The van der Waals surface area contributed by atoms with Crippen molar-refractivity contribution < 1.29 is 0 Å². The monoisotopic (exact) mass is 393 g/mol. The Bertz CT molecular complexity index is 991. The highest BCUT2D eigenvalue weighted by atomic mass is 79.9. The Labute approximate surface area is 152 Å². The van der Waals surface area contributed by atoms with E-state index in [2.05, 4.69) is 39.1 Å². The van der Waals surface area contributed by atoms with Crippen molar-refractivity contribution in [2.75, 3.05) is 5.73 Å². The molecule has 24 heavy (non-hydrogen) atoms. The predicted octanol–water partition coefficient (Wildman–Crippen LogP) is 5.24. The Morgan fingerprint density at radius 2 is 1.88 bits per heavy atom. The largest absolute Gasteiger partial charge is 0.383 e. The first-order valence-corrected chi connectivity index (χ1v) is 9.17. The number of fused-ring (bicyclic) bond motifs is 3. The predicted molar refractivity (Wildman–Crippen MR) is 101 cm³/mol. The molecule has 4 rings (SSSR count). The first-order valence-electron chi connectivity index (χ1n) is 7.39. The SMILES string of the molecule is N#Cc1c(N)nc2c(c1-c1ccc(Br)cc1)CSc1ccccc1-2. The lowest BCUT2D eigenvalue weighted by Gasteiger charge is -2.23. The fourth-order valence-corrected chi connectivity index (χ4v) is 4.33. The van der Waals surface area contributed by atoms with Gasteiger partial charge in [-0.3, -0.25) is 0 Å². The van der Waals surface area contributed by atoms with Gasteiger partial charge in [-0.1, -0.05) is 46.3 Å². The molecule has 3 aromatic rings. The molecule has 0 atom stereocenters. The van der Waals surface area contributed by atoms with E-state index in [0.717, 1.165) is 38.2 Å². The van der Waals surface area contributed by atoms with Gasteiger partial charge in [0, 0.05) is 26.2 Å². The van der Waals surface area contributed by atoms with Crippen LogP contribution in [0.2, 0.25) is 0 Å². The quantitative estimate of drug-likeness (QED) is 0.613. The molecule has 1 aliphatic rings. The van der Waals surface area contributed by atoms with Crippen LogP contribution in [0.5, 0.6) is 0 Å². The normalized spacial score (nSPS) is 12.2. The molecule has 2 heterocycles. The van der Waals surface area contributed by atoms with Crippen molar-refractivity contribution in [3.8, 4) is 28.5 Å². The number of anilines is 1. The number of rotatable bonds is 1. The van der Waals surface area contributed by atoms with Crippen LogP contribution < -0.4 is 5.73 Å². The molecule has 0 fully saturated rings. The van der Waals surface area contributed by atoms with Gasteiger partial charge in [-0.25, -0.2) is 4.98 Å². The molecule has 2 aromatic carbocycles. The highest BCUT2D eigenvalue weighted by molar-refractivity contribution is 9.10. The number of nitrogens with zero attached hydrogens (tertiary/aromatic N) is 2. The molecular weight excluding hydrogens is 382 g/mol. The van der Waals surface area contributed by atoms with Crippen molar-refractivity contribution in [1.82, 2.24) is 4.98 Å². The Balaban J connectivity index is 2.05. The minimum atomic E-state index is 0.288. The topological polar surface area (TPSA) is 62.7 Å². The average Bonchev–Trinajstić information content (AvgIpc) is 2.61. The van der Waals surface area contributed by atoms with E-state index < -0.39 is 0 Å². The van der Waals surface area contributed by atoms with Gasteiger partial charge >= 0.3 is 0 Å².